The second-order valence-corrected chi connectivity index (χ2v) is 6.55. The van der Waals surface area contributed by atoms with Gasteiger partial charge in [0.2, 0.25) is 5.91 Å². The predicted molar refractivity (Wildman–Crippen MR) is 85.4 cm³/mol. The second kappa shape index (κ2) is 7.27. The number of aliphatic carboxylic acids is 1. The second-order valence-electron chi connectivity index (χ2n) is 6.55. The topological polar surface area (TPSA) is 81.7 Å². The van der Waals surface area contributed by atoms with Gasteiger partial charge in [0.15, 0.2) is 0 Å². The van der Waals surface area contributed by atoms with E-state index < -0.39 is 5.97 Å². The molecule has 2 fully saturated rings. The van der Waals surface area contributed by atoms with E-state index in [-0.39, 0.29) is 36.1 Å². The molecule has 0 radical (unpaired) electrons. The highest BCUT2D eigenvalue weighted by Gasteiger charge is 2.34. The van der Waals surface area contributed by atoms with Crippen LogP contribution in [0.3, 0.4) is 0 Å². The molecule has 7 heteroatoms. The van der Waals surface area contributed by atoms with Gasteiger partial charge in [-0.2, -0.15) is 0 Å². The number of halogens is 1. The molecule has 1 aromatic rings. The summed E-state index contributed by atoms with van der Waals surface area (Å²) >= 11 is 0. The number of rotatable bonds is 4. The summed E-state index contributed by atoms with van der Waals surface area (Å²) in [7, 11) is 0. The van der Waals surface area contributed by atoms with Gasteiger partial charge in [0.25, 0.3) is 0 Å². The van der Waals surface area contributed by atoms with Crippen molar-refractivity contribution in [2.45, 2.75) is 37.8 Å². The third kappa shape index (κ3) is 3.91. The fraction of sp³-hybridized carbons (Fsp3) is 0.529. The predicted octanol–water partition coefficient (Wildman–Crippen LogP) is 1.45. The summed E-state index contributed by atoms with van der Waals surface area (Å²) in [6.07, 6.45) is 2.26. The summed E-state index contributed by atoms with van der Waals surface area (Å²) in [5, 5.41) is 8.85. The van der Waals surface area contributed by atoms with Gasteiger partial charge in [-0.25, -0.2) is 15.2 Å². The fourth-order valence-corrected chi connectivity index (χ4v) is 3.46. The van der Waals surface area contributed by atoms with E-state index in [0.29, 0.717) is 19.5 Å². The van der Waals surface area contributed by atoms with E-state index in [0.717, 1.165) is 18.4 Å². The van der Waals surface area contributed by atoms with Gasteiger partial charge in [-0.15, -0.1) is 0 Å². The van der Waals surface area contributed by atoms with Gasteiger partial charge < -0.3 is 10.0 Å². The first-order valence-corrected chi connectivity index (χ1v) is 8.30. The van der Waals surface area contributed by atoms with Crippen LogP contribution < -0.4 is 10.9 Å². The lowest BCUT2D eigenvalue weighted by Crippen LogP contribution is -2.48. The minimum absolute atomic E-state index is 0.0240. The first kappa shape index (κ1) is 16.9. The molecule has 1 aromatic carbocycles. The van der Waals surface area contributed by atoms with Crippen LogP contribution in [0.1, 0.15) is 37.3 Å². The monoisotopic (exact) mass is 335 g/mol. The average molecular weight is 335 g/mol. The molecule has 0 aliphatic carbocycles. The van der Waals surface area contributed by atoms with Crippen LogP contribution in [0.5, 0.6) is 0 Å². The van der Waals surface area contributed by atoms with E-state index in [1.165, 1.54) is 12.1 Å². The zero-order valence-electron chi connectivity index (χ0n) is 13.4. The summed E-state index contributed by atoms with van der Waals surface area (Å²) in [6.45, 7) is 1.21. The maximum Gasteiger partial charge on any atom is 0.303 e. The third-order valence-electron chi connectivity index (χ3n) is 4.86. The van der Waals surface area contributed by atoms with Crippen molar-refractivity contribution in [2.75, 3.05) is 13.1 Å². The lowest BCUT2D eigenvalue weighted by Gasteiger charge is -2.32. The van der Waals surface area contributed by atoms with Crippen molar-refractivity contribution in [3.63, 3.8) is 0 Å². The van der Waals surface area contributed by atoms with Crippen molar-refractivity contribution in [1.82, 2.24) is 15.8 Å². The average Bonchev–Trinajstić information content (AvgIpc) is 3.05. The van der Waals surface area contributed by atoms with Crippen molar-refractivity contribution in [3.05, 3.63) is 35.6 Å². The Hall–Kier alpha value is -1.99. The van der Waals surface area contributed by atoms with Crippen molar-refractivity contribution in [3.8, 4) is 0 Å². The van der Waals surface area contributed by atoms with E-state index in [1.807, 2.05) is 4.90 Å². The minimum atomic E-state index is -0.774. The van der Waals surface area contributed by atoms with Gasteiger partial charge in [0, 0.05) is 25.6 Å². The van der Waals surface area contributed by atoms with Crippen LogP contribution in [0.15, 0.2) is 24.3 Å². The fourth-order valence-electron chi connectivity index (χ4n) is 3.46. The molecule has 0 saturated carbocycles. The summed E-state index contributed by atoms with van der Waals surface area (Å²) < 4.78 is 13.0. The molecule has 3 rings (SSSR count). The molecule has 2 atom stereocenters. The number of hydrazine groups is 1. The van der Waals surface area contributed by atoms with Crippen LogP contribution in [-0.4, -0.2) is 41.0 Å². The molecule has 0 aromatic heterocycles. The van der Waals surface area contributed by atoms with E-state index in [1.54, 1.807) is 12.1 Å². The van der Waals surface area contributed by atoms with Crippen LogP contribution >= 0.6 is 0 Å². The lowest BCUT2D eigenvalue weighted by atomic mass is 9.93. The molecule has 6 nitrogen and oxygen atoms in total. The zero-order valence-corrected chi connectivity index (χ0v) is 13.4. The van der Waals surface area contributed by atoms with Gasteiger partial charge in [0.1, 0.15) is 11.9 Å². The lowest BCUT2D eigenvalue weighted by molar-refractivity contribution is -0.139. The highest BCUT2D eigenvalue weighted by atomic mass is 19.1. The Bertz CT molecular complexity index is 600. The smallest absolute Gasteiger partial charge is 0.303 e. The van der Waals surface area contributed by atoms with Crippen molar-refractivity contribution >= 4 is 11.9 Å². The van der Waals surface area contributed by atoms with E-state index in [9.17, 15) is 14.0 Å². The first-order valence-electron chi connectivity index (χ1n) is 8.30. The van der Waals surface area contributed by atoms with Crippen LogP contribution in [-0.2, 0) is 9.59 Å². The highest BCUT2D eigenvalue weighted by Crippen LogP contribution is 2.25. The number of carboxylic acid groups (broad SMARTS) is 1. The number of hydrogen-bond donors (Lipinski definition) is 3. The van der Waals surface area contributed by atoms with Gasteiger partial charge >= 0.3 is 5.97 Å². The van der Waals surface area contributed by atoms with Gasteiger partial charge in [-0.05, 0) is 42.9 Å². The Morgan fingerprint density at radius 2 is 1.83 bits per heavy atom. The number of amides is 1. The number of carbonyl (C=O) groups excluding carboxylic acids is 1. The summed E-state index contributed by atoms with van der Waals surface area (Å²) in [4.78, 5) is 25.2. The first-order chi connectivity index (χ1) is 11.5. The number of nitrogens with one attached hydrogen (secondary N) is 2. The molecule has 0 bridgehead atoms. The standard InChI is InChI=1S/C17H22FN3O3/c18-13-3-1-12(2-4-13)14-10-15(20-19-14)17(24)21-7-5-11(6-8-21)9-16(22)23/h1-4,11,14-15,19-20H,5-10H2,(H,22,23). The minimum Gasteiger partial charge on any atom is -0.481 e. The molecule has 130 valence electrons. The SMILES string of the molecule is O=C(O)CC1CCN(C(=O)C2CC(c3ccc(F)cc3)NN2)CC1. The van der Waals surface area contributed by atoms with Gasteiger partial charge in [-0.1, -0.05) is 12.1 Å². The van der Waals surface area contributed by atoms with E-state index in [4.69, 9.17) is 5.11 Å². The molecule has 2 saturated heterocycles. The molecule has 24 heavy (non-hydrogen) atoms. The Kier molecular flexibility index (Phi) is 5.11. The summed E-state index contributed by atoms with van der Waals surface area (Å²) in [5.74, 6) is -0.848. The number of hydrogen-bond acceptors (Lipinski definition) is 4. The molecule has 1 amide bonds. The number of piperidine rings is 1. The number of carboxylic acids is 1. The summed E-state index contributed by atoms with van der Waals surface area (Å²) in [6, 6.07) is 5.94. The van der Waals surface area contributed by atoms with Crippen LogP contribution in [0.2, 0.25) is 0 Å². The Morgan fingerprint density at radius 1 is 1.17 bits per heavy atom. The largest absolute Gasteiger partial charge is 0.481 e. The van der Waals surface area contributed by atoms with E-state index >= 15 is 0 Å². The van der Waals surface area contributed by atoms with Crippen LogP contribution in [0.25, 0.3) is 0 Å². The maximum absolute atomic E-state index is 13.0. The van der Waals surface area contributed by atoms with Crippen molar-refractivity contribution in [1.29, 1.82) is 0 Å². The van der Waals surface area contributed by atoms with Gasteiger partial charge in [-0.3, -0.25) is 9.59 Å². The van der Waals surface area contributed by atoms with Crippen molar-refractivity contribution < 1.29 is 19.1 Å². The quantitative estimate of drug-likeness (QED) is 0.776. The Morgan fingerprint density at radius 3 is 2.46 bits per heavy atom. The Balaban J connectivity index is 1.52. The summed E-state index contributed by atoms with van der Waals surface area (Å²) in [5.41, 5.74) is 7.07. The van der Waals surface area contributed by atoms with Crippen LogP contribution in [0.4, 0.5) is 4.39 Å². The molecule has 2 heterocycles. The van der Waals surface area contributed by atoms with Crippen LogP contribution in [0, 0.1) is 11.7 Å². The molecule has 2 aliphatic rings. The Labute approximate surface area is 140 Å². The molecular formula is C17H22FN3O3. The maximum atomic E-state index is 13.0. The normalized spacial score (nSPS) is 25.0. The number of carbonyl (C=O) groups is 2. The number of benzene rings is 1. The van der Waals surface area contributed by atoms with Crippen molar-refractivity contribution in [2.24, 2.45) is 5.92 Å². The molecule has 0 spiro atoms. The third-order valence-corrected chi connectivity index (χ3v) is 4.86. The van der Waals surface area contributed by atoms with Gasteiger partial charge in [0.05, 0.1) is 0 Å². The highest BCUT2D eigenvalue weighted by molar-refractivity contribution is 5.82. The molecule has 2 unspecified atom stereocenters. The molecular weight excluding hydrogens is 313 g/mol. The molecule has 3 N–H and O–H groups in total. The van der Waals surface area contributed by atoms with E-state index in [2.05, 4.69) is 10.9 Å². The number of likely N-dealkylation sites (tertiary alicyclic amines) is 1. The number of nitrogens with zero attached hydrogens (tertiary/aromatic N) is 1. The molecule has 2 aliphatic heterocycles. The zero-order chi connectivity index (χ0) is 17.1.